The minimum absolute atomic E-state index is 0.0641. The number of hydrogen-bond donors (Lipinski definition) is 1. The van der Waals surface area contributed by atoms with Crippen molar-refractivity contribution < 1.29 is 9.18 Å². The molecule has 2 aliphatic rings. The first-order valence-corrected chi connectivity index (χ1v) is 9.53. The maximum Gasteiger partial charge on any atom is 0.237 e. The summed E-state index contributed by atoms with van der Waals surface area (Å²) in [5.74, 6) is 0.463. The number of hydrogen-bond acceptors (Lipinski definition) is 3. The van der Waals surface area contributed by atoms with Gasteiger partial charge in [-0.3, -0.25) is 9.69 Å². The van der Waals surface area contributed by atoms with E-state index in [1.807, 2.05) is 12.3 Å². The molecule has 1 aliphatic carbocycles. The number of halogens is 1. The molecule has 26 heavy (non-hydrogen) atoms. The Balaban J connectivity index is 1.30. The van der Waals surface area contributed by atoms with Crippen molar-refractivity contribution in [3.05, 3.63) is 48.0 Å². The van der Waals surface area contributed by atoms with E-state index >= 15 is 0 Å². The van der Waals surface area contributed by atoms with E-state index in [9.17, 15) is 9.18 Å². The van der Waals surface area contributed by atoms with Crippen LogP contribution in [0.25, 0.3) is 5.69 Å². The lowest BCUT2D eigenvalue weighted by molar-refractivity contribution is -0.126. The summed E-state index contributed by atoms with van der Waals surface area (Å²) in [6, 6.07) is 8.25. The molecule has 0 radical (unpaired) electrons. The van der Waals surface area contributed by atoms with Gasteiger partial charge in [0.1, 0.15) is 5.82 Å². The smallest absolute Gasteiger partial charge is 0.237 e. The SMILES string of the molecule is O=C(NCCc1ccn(-c2ccc(F)cc2)n1)[C@@H](C1CC1)N1CCCC1. The van der Waals surface area contributed by atoms with E-state index in [0.717, 1.165) is 24.5 Å². The molecule has 2 heterocycles. The number of carbonyl (C=O) groups excluding carboxylic acids is 1. The molecule has 6 heteroatoms. The van der Waals surface area contributed by atoms with Gasteiger partial charge in [0.2, 0.25) is 5.91 Å². The monoisotopic (exact) mass is 356 g/mol. The Kier molecular flexibility index (Phi) is 5.02. The second-order valence-corrected chi connectivity index (χ2v) is 7.29. The van der Waals surface area contributed by atoms with E-state index in [4.69, 9.17) is 0 Å². The second-order valence-electron chi connectivity index (χ2n) is 7.29. The zero-order valence-corrected chi connectivity index (χ0v) is 14.9. The molecule has 1 saturated heterocycles. The molecule has 5 nitrogen and oxygen atoms in total. The van der Waals surface area contributed by atoms with Crippen LogP contribution in [0.5, 0.6) is 0 Å². The van der Waals surface area contributed by atoms with Gasteiger partial charge in [0.25, 0.3) is 0 Å². The van der Waals surface area contributed by atoms with E-state index in [1.165, 1.54) is 37.8 Å². The van der Waals surface area contributed by atoms with Crippen LogP contribution in [0.3, 0.4) is 0 Å². The Morgan fingerprint density at radius 2 is 1.92 bits per heavy atom. The van der Waals surface area contributed by atoms with Crippen molar-refractivity contribution in [1.82, 2.24) is 20.0 Å². The third-order valence-corrected chi connectivity index (χ3v) is 5.29. The van der Waals surface area contributed by atoms with Crippen LogP contribution >= 0.6 is 0 Å². The van der Waals surface area contributed by atoms with Crippen molar-refractivity contribution in [3.63, 3.8) is 0 Å². The zero-order chi connectivity index (χ0) is 17.9. The summed E-state index contributed by atoms with van der Waals surface area (Å²) in [5.41, 5.74) is 1.74. The third-order valence-electron chi connectivity index (χ3n) is 5.29. The molecule has 0 unspecified atom stereocenters. The Labute approximate surface area is 153 Å². The first-order valence-electron chi connectivity index (χ1n) is 9.53. The molecule has 1 aromatic carbocycles. The Morgan fingerprint density at radius 1 is 1.19 bits per heavy atom. The van der Waals surface area contributed by atoms with E-state index < -0.39 is 0 Å². The van der Waals surface area contributed by atoms with E-state index in [1.54, 1.807) is 16.8 Å². The van der Waals surface area contributed by atoms with Crippen molar-refractivity contribution in [2.75, 3.05) is 19.6 Å². The minimum atomic E-state index is -0.257. The van der Waals surface area contributed by atoms with Crippen LogP contribution < -0.4 is 5.32 Å². The number of carbonyl (C=O) groups is 1. The van der Waals surface area contributed by atoms with Crippen LogP contribution in [0, 0.1) is 11.7 Å². The highest BCUT2D eigenvalue weighted by Gasteiger charge is 2.40. The highest BCUT2D eigenvalue weighted by Crippen LogP contribution is 2.36. The minimum Gasteiger partial charge on any atom is -0.354 e. The molecule has 2 aromatic rings. The fraction of sp³-hybridized carbons (Fsp3) is 0.500. The van der Waals surface area contributed by atoms with Crippen molar-refractivity contribution in [3.8, 4) is 5.69 Å². The summed E-state index contributed by atoms with van der Waals surface area (Å²) >= 11 is 0. The molecule has 4 rings (SSSR count). The highest BCUT2D eigenvalue weighted by atomic mass is 19.1. The number of rotatable bonds is 7. The average molecular weight is 356 g/mol. The largest absolute Gasteiger partial charge is 0.354 e. The second kappa shape index (κ2) is 7.58. The van der Waals surface area contributed by atoms with Crippen molar-refractivity contribution in [2.45, 2.75) is 38.1 Å². The van der Waals surface area contributed by atoms with Gasteiger partial charge < -0.3 is 5.32 Å². The first kappa shape index (κ1) is 17.2. The quantitative estimate of drug-likeness (QED) is 0.829. The average Bonchev–Trinajstić information content (AvgIpc) is 3.12. The van der Waals surface area contributed by atoms with E-state index in [-0.39, 0.29) is 17.8 Å². The Bertz CT molecular complexity index is 747. The Morgan fingerprint density at radius 3 is 2.62 bits per heavy atom. The lowest BCUT2D eigenvalue weighted by Gasteiger charge is -2.26. The number of aromatic nitrogens is 2. The molecule has 1 N–H and O–H groups in total. The van der Waals surface area contributed by atoms with Crippen molar-refractivity contribution in [2.24, 2.45) is 5.92 Å². The van der Waals surface area contributed by atoms with Gasteiger partial charge in [-0.05, 0) is 75.0 Å². The van der Waals surface area contributed by atoms with Gasteiger partial charge in [0.05, 0.1) is 17.4 Å². The van der Waals surface area contributed by atoms with Crippen LogP contribution in [0.1, 0.15) is 31.4 Å². The summed E-state index contributed by atoms with van der Waals surface area (Å²) in [6.07, 6.45) is 7.32. The van der Waals surface area contributed by atoms with E-state index in [2.05, 4.69) is 15.3 Å². The summed E-state index contributed by atoms with van der Waals surface area (Å²) < 4.78 is 14.7. The molecule has 1 amide bonds. The molecular formula is C20H25FN4O. The molecule has 1 aromatic heterocycles. The highest BCUT2D eigenvalue weighted by molar-refractivity contribution is 5.82. The molecule has 1 saturated carbocycles. The summed E-state index contributed by atoms with van der Waals surface area (Å²) in [7, 11) is 0. The fourth-order valence-electron chi connectivity index (χ4n) is 3.76. The first-order chi connectivity index (χ1) is 12.7. The van der Waals surface area contributed by atoms with Gasteiger partial charge in [-0.15, -0.1) is 0 Å². The lowest BCUT2D eigenvalue weighted by atomic mass is 10.1. The van der Waals surface area contributed by atoms with Gasteiger partial charge in [-0.25, -0.2) is 9.07 Å². The van der Waals surface area contributed by atoms with Gasteiger partial charge in [-0.1, -0.05) is 0 Å². The molecule has 0 bridgehead atoms. The molecule has 0 spiro atoms. The van der Waals surface area contributed by atoms with Gasteiger partial charge in [0, 0.05) is 19.2 Å². The number of nitrogens with zero attached hydrogens (tertiary/aromatic N) is 3. The van der Waals surface area contributed by atoms with Crippen LogP contribution in [-0.2, 0) is 11.2 Å². The summed E-state index contributed by atoms with van der Waals surface area (Å²) in [6.45, 7) is 2.70. The maximum atomic E-state index is 13.0. The third kappa shape index (κ3) is 3.96. The van der Waals surface area contributed by atoms with Crippen LogP contribution in [0.4, 0.5) is 4.39 Å². The van der Waals surface area contributed by atoms with Gasteiger partial charge in [-0.2, -0.15) is 5.10 Å². The standard InChI is InChI=1S/C20H25FN4O/c21-16-5-7-18(8-6-16)25-14-10-17(23-25)9-11-22-20(26)19(15-3-4-15)24-12-1-2-13-24/h5-8,10,14-15,19H,1-4,9,11-13H2,(H,22,26)/t19-/m1/s1. The molecule has 2 fully saturated rings. The summed E-state index contributed by atoms with van der Waals surface area (Å²) in [5, 5.41) is 7.62. The Hall–Kier alpha value is -2.21. The lowest BCUT2D eigenvalue weighted by Crippen LogP contribution is -2.47. The maximum absolute atomic E-state index is 13.0. The molecule has 1 atom stereocenters. The van der Waals surface area contributed by atoms with Crippen molar-refractivity contribution in [1.29, 1.82) is 0 Å². The predicted octanol–water partition coefficient (Wildman–Crippen LogP) is 2.54. The van der Waals surface area contributed by atoms with Crippen LogP contribution in [0.15, 0.2) is 36.5 Å². The van der Waals surface area contributed by atoms with Crippen molar-refractivity contribution >= 4 is 5.91 Å². The molecular weight excluding hydrogens is 331 g/mol. The van der Waals surface area contributed by atoms with Crippen LogP contribution in [-0.4, -0.2) is 46.3 Å². The number of likely N-dealkylation sites (tertiary alicyclic amines) is 1. The number of nitrogens with one attached hydrogen (secondary N) is 1. The normalized spacial score (nSPS) is 18.8. The topological polar surface area (TPSA) is 50.2 Å². The number of amides is 1. The van der Waals surface area contributed by atoms with Gasteiger partial charge >= 0.3 is 0 Å². The zero-order valence-electron chi connectivity index (χ0n) is 14.9. The van der Waals surface area contributed by atoms with Crippen LogP contribution in [0.2, 0.25) is 0 Å². The van der Waals surface area contributed by atoms with Gasteiger partial charge in [0.15, 0.2) is 0 Å². The molecule has 1 aliphatic heterocycles. The number of benzene rings is 1. The summed E-state index contributed by atoms with van der Waals surface area (Å²) in [4.78, 5) is 15.0. The van der Waals surface area contributed by atoms with E-state index in [0.29, 0.717) is 18.9 Å². The predicted molar refractivity (Wildman–Crippen MR) is 97.6 cm³/mol. The molecule has 138 valence electrons. The fourth-order valence-corrected chi connectivity index (χ4v) is 3.76.